The molecule has 0 bridgehead atoms. The average molecular weight is 527 g/mol. The SMILES string of the molecule is CC1CN(c2ncc(C(F)(F)F)cc2C(=O)Nc2ccnc(S(N)(=O)=O)c2)CCC(C(F)(F)F)O1. The van der Waals surface area contributed by atoms with Gasteiger partial charge in [-0.2, -0.15) is 26.3 Å². The van der Waals surface area contributed by atoms with Crippen molar-refractivity contribution < 1.29 is 44.3 Å². The highest BCUT2D eigenvalue weighted by atomic mass is 32.2. The van der Waals surface area contributed by atoms with Gasteiger partial charge in [0.2, 0.25) is 0 Å². The van der Waals surface area contributed by atoms with E-state index in [4.69, 9.17) is 9.88 Å². The Balaban J connectivity index is 1.99. The van der Waals surface area contributed by atoms with Gasteiger partial charge >= 0.3 is 12.4 Å². The zero-order chi connectivity index (χ0) is 26.2. The fraction of sp³-hybridized carbons (Fsp3) is 0.421. The Hall–Kier alpha value is -2.98. The number of anilines is 2. The highest BCUT2D eigenvalue weighted by Gasteiger charge is 2.43. The summed E-state index contributed by atoms with van der Waals surface area (Å²) >= 11 is 0. The van der Waals surface area contributed by atoms with Crippen molar-refractivity contribution in [1.29, 1.82) is 0 Å². The fourth-order valence-electron chi connectivity index (χ4n) is 3.37. The molecule has 3 N–H and O–H groups in total. The summed E-state index contributed by atoms with van der Waals surface area (Å²) in [6, 6.07) is 2.57. The second kappa shape index (κ2) is 9.58. The van der Waals surface area contributed by atoms with E-state index in [-0.39, 0.29) is 24.6 Å². The van der Waals surface area contributed by atoms with Crippen LogP contribution < -0.4 is 15.4 Å². The number of aromatic nitrogens is 2. The number of nitrogens with one attached hydrogen (secondary N) is 1. The van der Waals surface area contributed by atoms with Crippen molar-refractivity contribution in [1.82, 2.24) is 9.97 Å². The molecule has 0 aromatic carbocycles. The van der Waals surface area contributed by atoms with Crippen molar-refractivity contribution >= 4 is 27.4 Å². The summed E-state index contributed by atoms with van der Waals surface area (Å²) in [6.07, 6.45) is -11.7. The first-order valence-electron chi connectivity index (χ1n) is 9.90. The summed E-state index contributed by atoms with van der Waals surface area (Å²) < 4.78 is 107. The van der Waals surface area contributed by atoms with E-state index in [0.29, 0.717) is 12.3 Å². The topological polar surface area (TPSA) is 128 Å². The molecule has 1 amide bonds. The number of primary sulfonamides is 1. The molecule has 2 atom stereocenters. The van der Waals surface area contributed by atoms with Crippen LogP contribution in [0.5, 0.6) is 0 Å². The van der Waals surface area contributed by atoms with Crippen LogP contribution in [0.25, 0.3) is 0 Å². The number of nitrogens with zero attached hydrogens (tertiary/aromatic N) is 3. The molecule has 2 aromatic rings. The predicted octanol–water partition coefficient (Wildman–Crippen LogP) is 2.94. The Morgan fingerprint density at radius 3 is 2.49 bits per heavy atom. The molecule has 0 aliphatic carbocycles. The van der Waals surface area contributed by atoms with Crippen LogP contribution in [0.2, 0.25) is 0 Å². The standard InChI is InChI=1S/C19H19F6N5O4S/c1-10-9-30(5-3-14(34-10)19(23,24)25)16-13(6-11(8-28-16)18(20,21)22)17(31)29-12-2-4-27-15(7-12)35(26,32)33/h2,4,6-8,10,14H,3,5,9H2,1H3,(H2,26,32,33)(H,27,29,31). The second-order valence-electron chi connectivity index (χ2n) is 7.69. The van der Waals surface area contributed by atoms with E-state index in [1.54, 1.807) is 0 Å². The van der Waals surface area contributed by atoms with Crippen molar-refractivity contribution in [3.63, 3.8) is 0 Å². The molecule has 1 aliphatic rings. The van der Waals surface area contributed by atoms with Gasteiger partial charge in [0.1, 0.15) is 5.82 Å². The molecule has 2 aromatic heterocycles. The number of amides is 1. The number of carbonyl (C=O) groups is 1. The third-order valence-corrected chi connectivity index (χ3v) is 5.73. The van der Waals surface area contributed by atoms with Crippen LogP contribution in [0.3, 0.4) is 0 Å². The molecule has 0 saturated carbocycles. The van der Waals surface area contributed by atoms with Gasteiger partial charge in [0.15, 0.2) is 11.1 Å². The molecule has 1 fully saturated rings. The maximum atomic E-state index is 13.3. The van der Waals surface area contributed by atoms with Gasteiger partial charge in [-0.05, 0) is 19.1 Å². The highest BCUT2D eigenvalue weighted by Crippen LogP contribution is 2.34. The van der Waals surface area contributed by atoms with Crippen LogP contribution in [-0.2, 0) is 20.9 Å². The Morgan fingerprint density at radius 1 is 1.20 bits per heavy atom. The predicted molar refractivity (Wildman–Crippen MR) is 110 cm³/mol. The van der Waals surface area contributed by atoms with E-state index in [1.807, 2.05) is 0 Å². The van der Waals surface area contributed by atoms with E-state index < -0.39 is 63.1 Å². The van der Waals surface area contributed by atoms with E-state index in [0.717, 1.165) is 12.3 Å². The molecule has 2 unspecified atom stereocenters. The van der Waals surface area contributed by atoms with Gasteiger partial charge in [-0.15, -0.1) is 0 Å². The minimum Gasteiger partial charge on any atom is -0.364 e. The van der Waals surface area contributed by atoms with Crippen molar-refractivity contribution in [3.8, 4) is 0 Å². The highest BCUT2D eigenvalue weighted by molar-refractivity contribution is 7.89. The Labute approximate surface area is 195 Å². The molecular formula is C19H19F6N5O4S. The number of hydrogen-bond donors (Lipinski definition) is 2. The van der Waals surface area contributed by atoms with E-state index in [9.17, 15) is 39.6 Å². The van der Waals surface area contributed by atoms with Gasteiger partial charge in [-0.3, -0.25) is 4.79 Å². The van der Waals surface area contributed by atoms with Crippen LogP contribution in [0, 0.1) is 0 Å². The lowest BCUT2D eigenvalue weighted by Crippen LogP contribution is -2.34. The molecule has 192 valence electrons. The lowest BCUT2D eigenvalue weighted by molar-refractivity contribution is -0.228. The number of halogens is 6. The molecule has 0 radical (unpaired) electrons. The molecule has 0 spiro atoms. The fourth-order valence-corrected chi connectivity index (χ4v) is 3.87. The van der Waals surface area contributed by atoms with Crippen LogP contribution in [0.1, 0.15) is 29.3 Å². The third kappa shape index (κ3) is 6.58. The Kier molecular flexibility index (Phi) is 7.29. The molecule has 1 saturated heterocycles. The largest absolute Gasteiger partial charge is 0.417 e. The first-order valence-corrected chi connectivity index (χ1v) is 11.4. The summed E-state index contributed by atoms with van der Waals surface area (Å²) in [5, 5.41) is 6.63. The van der Waals surface area contributed by atoms with Crippen LogP contribution in [0.4, 0.5) is 37.8 Å². The maximum Gasteiger partial charge on any atom is 0.417 e. The molecule has 3 rings (SSSR count). The average Bonchev–Trinajstić information content (AvgIpc) is 2.94. The molecule has 35 heavy (non-hydrogen) atoms. The van der Waals surface area contributed by atoms with Crippen LogP contribution >= 0.6 is 0 Å². The zero-order valence-corrected chi connectivity index (χ0v) is 18.7. The summed E-state index contributed by atoms with van der Waals surface area (Å²) in [5.41, 5.74) is -2.01. The number of nitrogens with two attached hydrogens (primary N) is 1. The smallest absolute Gasteiger partial charge is 0.364 e. The van der Waals surface area contributed by atoms with Crippen LogP contribution in [-0.4, -0.2) is 55.8 Å². The maximum absolute atomic E-state index is 13.3. The van der Waals surface area contributed by atoms with Gasteiger partial charge in [0.05, 0.1) is 17.2 Å². The minimum atomic E-state index is -4.87. The van der Waals surface area contributed by atoms with Gasteiger partial charge in [-0.25, -0.2) is 23.5 Å². The van der Waals surface area contributed by atoms with Crippen molar-refractivity contribution in [2.24, 2.45) is 5.14 Å². The Bertz CT molecular complexity index is 1200. The van der Waals surface area contributed by atoms with Gasteiger partial charge < -0.3 is 15.0 Å². The summed E-state index contributed by atoms with van der Waals surface area (Å²) in [7, 11) is -4.24. The van der Waals surface area contributed by atoms with Crippen molar-refractivity contribution in [2.45, 2.75) is 42.9 Å². The van der Waals surface area contributed by atoms with E-state index in [2.05, 4.69) is 15.3 Å². The first kappa shape index (κ1) is 26.6. The number of sulfonamides is 1. The monoisotopic (exact) mass is 527 g/mol. The van der Waals surface area contributed by atoms with Crippen LogP contribution in [0.15, 0.2) is 35.6 Å². The number of pyridine rings is 2. The molecule has 16 heteroatoms. The van der Waals surface area contributed by atoms with Gasteiger partial charge in [0.25, 0.3) is 15.9 Å². The number of hydrogen-bond acceptors (Lipinski definition) is 7. The van der Waals surface area contributed by atoms with E-state index in [1.165, 1.54) is 17.9 Å². The lowest BCUT2D eigenvalue weighted by Gasteiger charge is -2.25. The quantitative estimate of drug-likeness (QED) is 0.586. The minimum absolute atomic E-state index is 0.151. The number of rotatable bonds is 4. The number of carbonyl (C=O) groups excluding carboxylic acids is 1. The zero-order valence-electron chi connectivity index (χ0n) is 17.9. The summed E-state index contributed by atoms with van der Waals surface area (Å²) in [4.78, 5) is 21.4. The van der Waals surface area contributed by atoms with Gasteiger partial charge in [-0.1, -0.05) is 0 Å². The molecule has 1 aliphatic heterocycles. The van der Waals surface area contributed by atoms with E-state index >= 15 is 0 Å². The number of alkyl halides is 6. The second-order valence-corrected chi connectivity index (χ2v) is 9.19. The number of ether oxygens (including phenoxy) is 1. The summed E-state index contributed by atoms with van der Waals surface area (Å²) in [5.74, 6) is -1.41. The Morgan fingerprint density at radius 2 is 1.89 bits per heavy atom. The molecular weight excluding hydrogens is 508 g/mol. The van der Waals surface area contributed by atoms with Crippen molar-refractivity contribution in [3.05, 3.63) is 41.7 Å². The third-order valence-electron chi connectivity index (χ3n) is 4.92. The van der Waals surface area contributed by atoms with Crippen molar-refractivity contribution in [2.75, 3.05) is 23.3 Å². The first-order chi connectivity index (χ1) is 16.1. The van der Waals surface area contributed by atoms with Gasteiger partial charge in [0, 0.05) is 43.7 Å². The molecule has 3 heterocycles. The lowest BCUT2D eigenvalue weighted by atomic mass is 10.1. The summed E-state index contributed by atoms with van der Waals surface area (Å²) in [6.45, 7) is 0.862. The normalized spacial score (nSPS) is 19.8. The molecule has 9 nitrogen and oxygen atoms in total.